The molecule has 0 spiro atoms. The van der Waals surface area contributed by atoms with Crippen molar-refractivity contribution in [1.29, 1.82) is 0 Å². The van der Waals surface area contributed by atoms with Crippen LogP contribution in [0, 0.1) is 50.2 Å². The normalized spacial score (nSPS) is 55.2. The molecule has 11 N–H and O–H groups in total. The first kappa shape index (κ1) is 51.4. The van der Waals surface area contributed by atoms with Crippen LogP contribution in [0.2, 0.25) is 0 Å². The summed E-state index contributed by atoms with van der Waals surface area (Å²) in [4.78, 5) is 25.1. The Morgan fingerprint density at radius 1 is 0.657 bits per heavy atom. The number of fused-ring (bicyclic) bond motifs is 7. The van der Waals surface area contributed by atoms with Crippen molar-refractivity contribution in [2.75, 3.05) is 6.61 Å². The highest BCUT2D eigenvalue weighted by Gasteiger charge is 2.70. The molecule has 382 valence electrons. The molecule has 19 nitrogen and oxygen atoms in total. The molecule has 67 heavy (non-hydrogen) atoms. The van der Waals surface area contributed by atoms with Crippen LogP contribution in [-0.4, -0.2) is 179 Å². The Labute approximate surface area is 391 Å². The molecule has 4 saturated carbocycles. The Morgan fingerprint density at radius 3 is 1.91 bits per heavy atom. The zero-order valence-electron chi connectivity index (χ0n) is 39.9. The van der Waals surface area contributed by atoms with E-state index in [1.807, 2.05) is 0 Å². The fraction of sp³-hybridized carbons (Fsp3) is 0.917. The van der Waals surface area contributed by atoms with Crippen molar-refractivity contribution >= 4 is 11.9 Å². The van der Waals surface area contributed by atoms with Crippen LogP contribution >= 0.6 is 0 Å². The lowest BCUT2D eigenvalue weighted by atomic mass is 9.33. The van der Waals surface area contributed by atoms with Crippen LogP contribution in [0.1, 0.15) is 113 Å². The minimum Gasteiger partial charge on any atom is -0.481 e. The molecule has 3 heterocycles. The van der Waals surface area contributed by atoms with Crippen LogP contribution in [0.25, 0.3) is 0 Å². The van der Waals surface area contributed by atoms with E-state index < -0.39 is 139 Å². The molecule has 2 unspecified atom stereocenters. The van der Waals surface area contributed by atoms with Crippen LogP contribution in [0.3, 0.4) is 0 Å². The number of ether oxygens (including phenoxy) is 6. The SMILES string of the molecule is C[C@@H]1O[C@@H](O[C@H]2[C@H](O[C@H]3[C@H](O[C@H]4CC[C@@]5(C)C(CC[C@]6(C)C5CC=C5[C@@H]7C[C@](C)(C(=O)O)C[C@@H](O)[C@]7(C)CC[C@]56C)C4(C)C)O[C@H](C(=O)O)[C@@H](O)[C@@H]3O)O[C@H](CO)[C@H](O)[C@@H]2O)[C@H](O)[C@H](O)[C@H]1O. The summed E-state index contributed by atoms with van der Waals surface area (Å²) in [6.45, 7) is 15.8. The molecule has 0 radical (unpaired) electrons. The standard InChI is InChI=1S/C48H76O19/c1-20-28(51)30(53)34(57)39(62-20)66-36-31(54)29(52)23(19-49)63-40(36)67-37-33(56)32(55)35(38(58)59)65-41(37)64-27-12-13-46(6)24(43(27,2)3)11-14-48(8)25(46)10-9-21-22-17-44(4,42(60)61)18-26(50)45(22,5)15-16-47(21,48)7/h9,20,22-37,39-41,49-57H,10-19H2,1-8H3,(H,58,59)(H,60,61)/t20-,22-,23+,24?,25?,26+,27-,28-,29-,30+,31-,32-,33-,34+,35-,36+,37+,39-,40-,41+,44-,45+,46-,47+,48+/m0/s1. The number of carbonyl (C=O) groups is 2. The lowest BCUT2D eigenvalue weighted by Crippen LogP contribution is -2.68. The topological polar surface area (TPSA) is 312 Å². The van der Waals surface area contributed by atoms with E-state index in [9.17, 15) is 65.8 Å². The van der Waals surface area contributed by atoms with E-state index in [2.05, 4.69) is 47.6 Å². The van der Waals surface area contributed by atoms with Crippen molar-refractivity contribution in [3.8, 4) is 0 Å². The van der Waals surface area contributed by atoms with Gasteiger partial charge < -0.3 is 84.6 Å². The fourth-order valence-electron chi connectivity index (χ4n) is 15.1. The Kier molecular flexibility index (Phi) is 13.6. The van der Waals surface area contributed by atoms with E-state index in [4.69, 9.17) is 28.4 Å². The van der Waals surface area contributed by atoms with E-state index in [1.165, 1.54) is 12.5 Å². The molecule has 7 fully saturated rings. The van der Waals surface area contributed by atoms with Gasteiger partial charge in [-0.15, -0.1) is 0 Å². The predicted molar refractivity (Wildman–Crippen MR) is 231 cm³/mol. The van der Waals surface area contributed by atoms with Crippen LogP contribution in [0.5, 0.6) is 0 Å². The zero-order chi connectivity index (χ0) is 49.3. The number of aliphatic carboxylic acids is 2. The molecule has 0 bridgehead atoms. The molecular formula is C48H76O19. The third kappa shape index (κ3) is 7.88. The van der Waals surface area contributed by atoms with Gasteiger partial charge >= 0.3 is 11.9 Å². The molecule has 3 saturated heterocycles. The average molecular weight is 957 g/mol. The van der Waals surface area contributed by atoms with Crippen LogP contribution in [0.4, 0.5) is 0 Å². The number of hydrogen-bond donors (Lipinski definition) is 11. The first-order chi connectivity index (χ1) is 31.1. The minimum absolute atomic E-state index is 0.0735. The van der Waals surface area contributed by atoms with Crippen molar-refractivity contribution in [1.82, 2.24) is 0 Å². The van der Waals surface area contributed by atoms with Gasteiger partial charge in [-0.2, -0.15) is 0 Å². The second kappa shape index (κ2) is 17.7. The molecule has 19 heteroatoms. The van der Waals surface area contributed by atoms with Gasteiger partial charge in [0.2, 0.25) is 0 Å². The third-order valence-electron chi connectivity index (χ3n) is 19.7. The summed E-state index contributed by atoms with van der Waals surface area (Å²) in [5.74, 6) is -2.23. The van der Waals surface area contributed by atoms with Gasteiger partial charge in [-0.05, 0) is 111 Å². The number of rotatable bonds is 9. The second-order valence-corrected chi connectivity index (χ2v) is 23.5. The molecule has 25 atom stereocenters. The summed E-state index contributed by atoms with van der Waals surface area (Å²) in [5.41, 5.74) is -1.39. The molecule has 0 amide bonds. The van der Waals surface area contributed by atoms with Gasteiger partial charge in [0, 0.05) is 5.41 Å². The summed E-state index contributed by atoms with van der Waals surface area (Å²) in [7, 11) is 0. The van der Waals surface area contributed by atoms with Crippen LogP contribution in [0.15, 0.2) is 11.6 Å². The molecule has 0 aromatic carbocycles. The second-order valence-electron chi connectivity index (χ2n) is 23.5. The Balaban J connectivity index is 1.06. The van der Waals surface area contributed by atoms with Crippen molar-refractivity contribution in [3.05, 3.63) is 11.6 Å². The quantitative estimate of drug-likeness (QED) is 0.112. The maximum Gasteiger partial charge on any atom is 0.335 e. The number of carboxylic acid groups (broad SMARTS) is 2. The number of carboxylic acids is 2. The lowest BCUT2D eigenvalue weighted by molar-refractivity contribution is -0.395. The van der Waals surface area contributed by atoms with Gasteiger partial charge in [-0.1, -0.05) is 53.2 Å². The molecular weight excluding hydrogens is 881 g/mol. The molecule has 5 aliphatic carbocycles. The highest BCUT2D eigenvalue weighted by Crippen LogP contribution is 2.76. The highest BCUT2D eigenvalue weighted by atomic mass is 16.8. The first-order valence-corrected chi connectivity index (χ1v) is 24.3. The van der Waals surface area contributed by atoms with Crippen molar-refractivity contribution in [2.45, 2.75) is 218 Å². The van der Waals surface area contributed by atoms with Crippen molar-refractivity contribution < 1.29 is 94.2 Å². The van der Waals surface area contributed by atoms with Crippen molar-refractivity contribution in [3.63, 3.8) is 0 Å². The number of aliphatic hydroxyl groups excluding tert-OH is 9. The van der Waals surface area contributed by atoms with Gasteiger partial charge in [0.05, 0.1) is 30.3 Å². The summed E-state index contributed by atoms with van der Waals surface area (Å²) in [6.07, 6.45) is -18.9. The Hall–Kier alpha value is -1.92. The predicted octanol–water partition coefficient (Wildman–Crippen LogP) is 0.797. The van der Waals surface area contributed by atoms with Gasteiger partial charge in [0.25, 0.3) is 0 Å². The molecule has 0 aromatic heterocycles. The lowest BCUT2D eigenvalue weighted by Gasteiger charge is -2.71. The Bertz CT molecular complexity index is 1900. The van der Waals surface area contributed by atoms with Gasteiger partial charge in [0.15, 0.2) is 25.0 Å². The van der Waals surface area contributed by atoms with E-state index in [0.29, 0.717) is 19.3 Å². The van der Waals surface area contributed by atoms with Crippen LogP contribution in [-0.2, 0) is 38.0 Å². The number of aliphatic hydroxyl groups is 9. The number of allylic oxidation sites excluding steroid dienone is 2. The zero-order valence-corrected chi connectivity index (χ0v) is 39.9. The fourth-order valence-corrected chi connectivity index (χ4v) is 15.1. The third-order valence-corrected chi connectivity index (χ3v) is 19.7. The maximum absolute atomic E-state index is 12.6. The highest BCUT2D eigenvalue weighted by molar-refractivity contribution is 5.74. The van der Waals surface area contributed by atoms with Crippen LogP contribution < -0.4 is 0 Å². The van der Waals surface area contributed by atoms with E-state index in [1.54, 1.807) is 6.92 Å². The molecule has 0 aromatic rings. The summed E-state index contributed by atoms with van der Waals surface area (Å²) >= 11 is 0. The van der Waals surface area contributed by atoms with E-state index >= 15 is 0 Å². The minimum atomic E-state index is -2.05. The molecule has 8 aliphatic rings. The monoisotopic (exact) mass is 956 g/mol. The van der Waals surface area contributed by atoms with E-state index in [-0.39, 0.29) is 40.4 Å². The van der Waals surface area contributed by atoms with E-state index in [0.717, 1.165) is 32.1 Å². The first-order valence-electron chi connectivity index (χ1n) is 24.3. The average Bonchev–Trinajstić information content (AvgIpc) is 3.25. The smallest absolute Gasteiger partial charge is 0.335 e. The Morgan fingerprint density at radius 2 is 1.28 bits per heavy atom. The number of hydrogen-bond acceptors (Lipinski definition) is 17. The van der Waals surface area contributed by atoms with Crippen molar-refractivity contribution in [2.24, 2.45) is 50.2 Å². The molecule has 3 aliphatic heterocycles. The summed E-state index contributed by atoms with van der Waals surface area (Å²) in [6, 6.07) is 0. The summed E-state index contributed by atoms with van der Waals surface area (Å²) < 4.78 is 36.3. The van der Waals surface area contributed by atoms with Gasteiger partial charge in [0.1, 0.15) is 61.0 Å². The maximum atomic E-state index is 12.6. The largest absolute Gasteiger partial charge is 0.481 e. The van der Waals surface area contributed by atoms with Gasteiger partial charge in [-0.25, -0.2) is 4.79 Å². The van der Waals surface area contributed by atoms with Gasteiger partial charge in [-0.3, -0.25) is 4.79 Å². The molecule has 8 rings (SSSR count). The summed E-state index contributed by atoms with van der Waals surface area (Å²) in [5, 5.41) is 119.